The van der Waals surface area contributed by atoms with E-state index in [9.17, 15) is 0 Å². The summed E-state index contributed by atoms with van der Waals surface area (Å²) in [4.78, 5) is 0. The van der Waals surface area contributed by atoms with Gasteiger partial charge in [0.1, 0.15) is 0 Å². The second kappa shape index (κ2) is 3.63. The Morgan fingerprint density at radius 2 is 1.73 bits per heavy atom. The highest BCUT2D eigenvalue weighted by Gasteiger charge is 2.03. The third-order valence-corrected chi connectivity index (χ3v) is 3.06. The standard InChI is InChI=1S/C6H5BrCl2N2/c7-6-4(8)1-3(11-10)2-5(6)9/h1-2,11H,10H2. The second-order valence-corrected chi connectivity index (χ2v) is 3.51. The first-order valence-corrected chi connectivity index (χ1v) is 4.31. The van der Waals surface area contributed by atoms with Crippen LogP contribution in [-0.4, -0.2) is 0 Å². The first-order chi connectivity index (χ1) is 5.15. The molecule has 60 valence electrons. The third kappa shape index (κ3) is 1.99. The van der Waals surface area contributed by atoms with E-state index in [-0.39, 0.29) is 0 Å². The van der Waals surface area contributed by atoms with E-state index in [1.54, 1.807) is 12.1 Å². The van der Waals surface area contributed by atoms with Crippen molar-refractivity contribution in [2.24, 2.45) is 5.84 Å². The summed E-state index contributed by atoms with van der Waals surface area (Å²) in [7, 11) is 0. The minimum atomic E-state index is 0.533. The molecule has 0 unspecified atom stereocenters. The normalized spacial score (nSPS) is 9.82. The van der Waals surface area contributed by atoms with Gasteiger partial charge in [-0.15, -0.1) is 0 Å². The van der Waals surface area contributed by atoms with Crippen molar-refractivity contribution in [3.8, 4) is 0 Å². The average Bonchev–Trinajstić information content (AvgIpc) is 1.99. The molecule has 2 nitrogen and oxygen atoms in total. The molecule has 0 aliphatic rings. The van der Waals surface area contributed by atoms with Crippen molar-refractivity contribution in [3.63, 3.8) is 0 Å². The second-order valence-electron chi connectivity index (χ2n) is 1.90. The van der Waals surface area contributed by atoms with Crippen LogP contribution in [0.1, 0.15) is 0 Å². The van der Waals surface area contributed by atoms with Gasteiger partial charge in [0.15, 0.2) is 0 Å². The lowest BCUT2D eigenvalue weighted by molar-refractivity contribution is 1.35. The van der Waals surface area contributed by atoms with Gasteiger partial charge in [-0.05, 0) is 28.1 Å². The van der Waals surface area contributed by atoms with E-state index in [4.69, 9.17) is 29.0 Å². The van der Waals surface area contributed by atoms with Gasteiger partial charge in [0.25, 0.3) is 0 Å². The van der Waals surface area contributed by atoms with Gasteiger partial charge in [-0.25, -0.2) is 0 Å². The molecule has 1 rings (SSSR count). The number of nitrogens with two attached hydrogens (primary N) is 1. The molecule has 0 aliphatic heterocycles. The Morgan fingerprint density at radius 3 is 2.09 bits per heavy atom. The van der Waals surface area contributed by atoms with E-state index < -0.39 is 0 Å². The molecule has 0 amide bonds. The Kier molecular flexibility index (Phi) is 3.01. The van der Waals surface area contributed by atoms with Crippen LogP contribution in [0.4, 0.5) is 5.69 Å². The van der Waals surface area contributed by atoms with Gasteiger partial charge in [0.05, 0.1) is 20.2 Å². The van der Waals surface area contributed by atoms with Crippen molar-refractivity contribution in [1.82, 2.24) is 0 Å². The largest absolute Gasteiger partial charge is 0.324 e. The average molecular weight is 256 g/mol. The molecule has 11 heavy (non-hydrogen) atoms. The van der Waals surface area contributed by atoms with Crippen molar-refractivity contribution in [1.29, 1.82) is 0 Å². The molecule has 0 spiro atoms. The lowest BCUT2D eigenvalue weighted by atomic mass is 10.3. The molecule has 0 aliphatic carbocycles. The van der Waals surface area contributed by atoms with Gasteiger partial charge in [-0.1, -0.05) is 23.2 Å². The van der Waals surface area contributed by atoms with Gasteiger partial charge < -0.3 is 5.43 Å². The number of nitrogen functional groups attached to an aromatic ring is 1. The molecule has 0 saturated heterocycles. The zero-order chi connectivity index (χ0) is 8.43. The molecule has 0 radical (unpaired) electrons. The summed E-state index contributed by atoms with van der Waals surface area (Å²) in [5.41, 5.74) is 3.13. The number of halogens is 3. The van der Waals surface area contributed by atoms with Crippen LogP contribution >= 0.6 is 39.1 Å². The van der Waals surface area contributed by atoms with E-state index in [0.717, 1.165) is 0 Å². The molecular formula is C6H5BrCl2N2. The maximum atomic E-state index is 5.77. The first-order valence-electron chi connectivity index (χ1n) is 2.76. The van der Waals surface area contributed by atoms with Gasteiger partial charge in [0, 0.05) is 0 Å². The Morgan fingerprint density at radius 1 is 1.27 bits per heavy atom. The topological polar surface area (TPSA) is 38.0 Å². The van der Waals surface area contributed by atoms with E-state index in [2.05, 4.69) is 21.4 Å². The molecule has 5 heteroatoms. The molecular weight excluding hydrogens is 251 g/mol. The van der Waals surface area contributed by atoms with Gasteiger partial charge in [-0.3, -0.25) is 5.84 Å². The van der Waals surface area contributed by atoms with Crippen molar-refractivity contribution < 1.29 is 0 Å². The highest BCUT2D eigenvalue weighted by molar-refractivity contribution is 9.10. The number of hydrogen-bond acceptors (Lipinski definition) is 2. The summed E-state index contributed by atoms with van der Waals surface area (Å²) in [6.07, 6.45) is 0. The molecule has 3 N–H and O–H groups in total. The molecule has 0 heterocycles. The number of hydrogen-bond donors (Lipinski definition) is 2. The fourth-order valence-corrected chi connectivity index (χ4v) is 1.35. The predicted octanol–water partition coefficient (Wildman–Crippen LogP) is 3.04. The minimum absolute atomic E-state index is 0.533. The van der Waals surface area contributed by atoms with Crippen LogP contribution in [0.25, 0.3) is 0 Å². The quantitative estimate of drug-likeness (QED) is 0.460. The van der Waals surface area contributed by atoms with Crippen LogP contribution in [0.15, 0.2) is 16.6 Å². The summed E-state index contributed by atoms with van der Waals surface area (Å²) in [5, 5.41) is 1.07. The lowest BCUT2D eigenvalue weighted by Crippen LogP contribution is -2.06. The molecule has 1 aromatic carbocycles. The fraction of sp³-hybridized carbons (Fsp3) is 0. The van der Waals surface area contributed by atoms with Crippen molar-refractivity contribution in [3.05, 3.63) is 26.7 Å². The van der Waals surface area contributed by atoms with E-state index in [1.165, 1.54) is 0 Å². The maximum absolute atomic E-state index is 5.77. The summed E-state index contributed by atoms with van der Waals surface area (Å²) < 4.78 is 0.680. The molecule has 0 fully saturated rings. The summed E-state index contributed by atoms with van der Waals surface area (Å²) in [5.74, 6) is 5.16. The first kappa shape index (κ1) is 9.13. The van der Waals surface area contributed by atoms with Crippen LogP contribution in [-0.2, 0) is 0 Å². The van der Waals surface area contributed by atoms with Crippen molar-refractivity contribution in [2.45, 2.75) is 0 Å². The molecule has 0 atom stereocenters. The monoisotopic (exact) mass is 254 g/mol. The van der Waals surface area contributed by atoms with E-state index in [0.29, 0.717) is 20.2 Å². The zero-order valence-electron chi connectivity index (χ0n) is 5.37. The van der Waals surface area contributed by atoms with Gasteiger partial charge >= 0.3 is 0 Å². The number of nitrogens with one attached hydrogen (secondary N) is 1. The number of hydrazine groups is 1. The SMILES string of the molecule is NNc1cc(Cl)c(Br)c(Cl)c1. The van der Waals surface area contributed by atoms with Gasteiger partial charge in [0.2, 0.25) is 0 Å². The highest BCUT2D eigenvalue weighted by atomic mass is 79.9. The Labute approximate surface area is 82.8 Å². The summed E-state index contributed by atoms with van der Waals surface area (Å²) in [6, 6.07) is 3.36. The molecule has 0 bridgehead atoms. The molecule has 0 aromatic heterocycles. The smallest absolute Gasteiger partial charge is 0.0584 e. The summed E-state index contributed by atoms with van der Waals surface area (Å²) in [6.45, 7) is 0. The lowest BCUT2D eigenvalue weighted by Gasteiger charge is -2.03. The fourth-order valence-electron chi connectivity index (χ4n) is 0.639. The summed E-state index contributed by atoms with van der Waals surface area (Å²) >= 11 is 14.8. The molecule has 1 aromatic rings. The van der Waals surface area contributed by atoms with E-state index in [1.807, 2.05) is 0 Å². The van der Waals surface area contributed by atoms with Crippen LogP contribution in [0.2, 0.25) is 10.0 Å². The minimum Gasteiger partial charge on any atom is -0.324 e. The van der Waals surface area contributed by atoms with Crippen LogP contribution in [0.5, 0.6) is 0 Å². The third-order valence-electron chi connectivity index (χ3n) is 1.15. The number of benzene rings is 1. The van der Waals surface area contributed by atoms with Crippen LogP contribution < -0.4 is 11.3 Å². The molecule has 0 saturated carbocycles. The van der Waals surface area contributed by atoms with Crippen molar-refractivity contribution >= 4 is 44.8 Å². The number of anilines is 1. The van der Waals surface area contributed by atoms with Gasteiger partial charge in [-0.2, -0.15) is 0 Å². The predicted molar refractivity (Wildman–Crippen MR) is 52.0 cm³/mol. The van der Waals surface area contributed by atoms with Crippen LogP contribution in [0, 0.1) is 0 Å². The number of rotatable bonds is 1. The Balaban J connectivity index is 3.21. The van der Waals surface area contributed by atoms with Crippen LogP contribution in [0.3, 0.4) is 0 Å². The Hall–Kier alpha value is 0.0400. The maximum Gasteiger partial charge on any atom is 0.0584 e. The zero-order valence-corrected chi connectivity index (χ0v) is 8.46. The highest BCUT2D eigenvalue weighted by Crippen LogP contribution is 2.32. The Bertz CT molecular complexity index is 254. The van der Waals surface area contributed by atoms with E-state index >= 15 is 0 Å². The van der Waals surface area contributed by atoms with Crippen molar-refractivity contribution in [2.75, 3.05) is 5.43 Å².